The van der Waals surface area contributed by atoms with Gasteiger partial charge in [-0.25, -0.2) is 0 Å². The van der Waals surface area contributed by atoms with Crippen LogP contribution in [0.25, 0.3) is 11.1 Å². The summed E-state index contributed by atoms with van der Waals surface area (Å²) in [4.78, 5) is 10.4. The molecule has 20 heavy (non-hydrogen) atoms. The van der Waals surface area contributed by atoms with Gasteiger partial charge < -0.3 is 5.11 Å². The Bertz CT molecular complexity index is 715. The molecule has 0 atom stereocenters. The summed E-state index contributed by atoms with van der Waals surface area (Å²) in [7, 11) is -4.19. The van der Waals surface area contributed by atoms with Crippen molar-refractivity contribution in [3.8, 4) is 11.1 Å². The SMILES string of the molecule is O=C(O)Cc1ccc(-c2ccc(S(=O)(=O)O)cc2)cc1. The zero-order valence-corrected chi connectivity index (χ0v) is 11.2. The number of carbonyl (C=O) groups is 1. The molecule has 0 saturated carbocycles. The molecular formula is C14H12O5S. The van der Waals surface area contributed by atoms with Gasteiger partial charge in [-0.1, -0.05) is 36.4 Å². The molecule has 2 aromatic rings. The van der Waals surface area contributed by atoms with Crippen molar-refractivity contribution in [1.29, 1.82) is 0 Å². The van der Waals surface area contributed by atoms with Gasteiger partial charge in [0.25, 0.3) is 10.1 Å². The van der Waals surface area contributed by atoms with E-state index in [2.05, 4.69) is 0 Å². The summed E-state index contributed by atoms with van der Waals surface area (Å²) in [5.74, 6) is -0.893. The molecular weight excluding hydrogens is 280 g/mol. The van der Waals surface area contributed by atoms with Crippen LogP contribution in [0.2, 0.25) is 0 Å². The molecule has 0 radical (unpaired) electrons. The molecule has 0 saturated heterocycles. The Morgan fingerprint density at radius 2 is 1.35 bits per heavy atom. The molecule has 0 spiro atoms. The van der Waals surface area contributed by atoms with Crippen LogP contribution in [0.3, 0.4) is 0 Å². The topological polar surface area (TPSA) is 91.7 Å². The monoisotopic (exact) mass is 292 g/mol. The van der Waals surface area contributed by atoms with Crippen LogP contribution in [0, 0.1) is 0 Å². The lowest BCUT2D eigenvalue weighted by Crippen LogP contribution is -1.99. The van der Waals surface area contributed by atoms with E-state index in [9.17, 15) is 13.2 Å². The third kappa shape index (κ3) is 3.43. The van der Waals surface area contributed by atoms with E-state index in [1.165, 1.54) is 12.1 Å². The first-order chi connectivity index (χ1) is 9.36. The van der Waals surface area contributed by atoms with Gasteiger partial charge in [0.2, 0.25) is 0 Å². The van der Waals surface area contributed by atoms with Crippen molar-refractivity contribution in [3.05, 3.63) is 54.1 Å². The molecule has 0 unspecified atom stereocenters. The molecule has 5 nitrogen and oxygen atoms in total. The molecule has 0 aliphatic heterocycles. The number of rotatable bonds is 4. The van der Waals surface area contributed by atoms with Crippen LogP contribution in [-0.4, -0.2) is 24.0 Å². The lowest BCUT2D eigenvalue weighted by molar-refractivity contribution is -0.136. The van der Waals surface area contributed by atoms with Crippen molar-refractivity contribution in [3.63, 3.8) is 0 Å². The number of carboxylic acid groups (broad SMARTS) is 1. The minimum Gasteiger partial charge on any atom is -0.481 e. The Morgan fingerprint density at radius 3 is 1.75 bits per heavy atom. The fraction of sp³-hybridized carbons (Fsp3) is 0.0714. The summed E-state index contributed by atoms with van der Waals surface area (Å²) >= 11 is 0. The Morgan fingerprint density at radius 1 is 0.900 bits per heavy atom. The largest absolute Gasteiger partial charge is 0.481 e. The van der Waals surface area contributed by atoms with Gasteiger partial charge in [0.15, 0.2) is 0 Å². The lowest BCUT2D eigenvalue weighted by Gasteiger charge is -2.04. The van der Waals surface area contributed by atoms with Crippen molar-refractivity contribution in [2.24, 2.45) is 0 Å². The summed E-state index contributed by atoms with van der Waals surface area (Å²) in [6, 6.07) is 12.7. The third-order valence-corrected chi connectivity index (χ3v) is 3.66. The second-order valence-electron chi connectivity index (χ2n) is 4.27. The number of aliphatic carboxylic acids is 1. The number of hydrogen-bond acceptors (Lipinski definition) is 3. The third-order valence-electron chi connectivity index (χ3n) is 2.79. The number of hydrogen-bond donors (Lipinski definition) is 2. The maximum Gasteiger partial charge on any atom is 0.307 e. The van der Waals surface area contributed by atoms with Crippen LogP contribution in [0.15, 0.2) is 53.4 Å². The van der Waals surface area contributed by atoms with E-state index in [0.717, 1.165) is 11.1 Å². The van der Waals surface area contributed by atoms with Crippen LogP contribution in [0.5, 0.6) is 0 Å². The van der Waals surface area contributed by atoms with Gasteiger partial charge in [-0.15, -0.1) is 0 Å². The van der Waals surface area contributed by atoms with Gasteiger partial charge in [0.1, 0.15) is 0 Å². The van der Waals surface area contributed by atoms with E-state index < -0.39 is 16.1 Å². The number of carboxylic acids is 1. The lowest BCUT2D eigenvalue weighted by atomic mass is 10.0. The first kappa shape index (κ1) is 14.2. The predicted molar refractivity (Wildman–Crippen MR) is 73.0 cm³/mol. The molecule has 0 heterocycles. The molecule has 0 fully saturated rings. The zero-order chi connectivity index (χ0) is 14.8. The maximum absolute atomic E-state index is 10.9. The van der Waals surface area contributed by atoms with Gasteiger partial charge in [-0.2, -0.15) is 8.42 Å². The molecule has 0 aromatic heterocycles. The molecule has 0 aliphatic carbocycles. The Labute approximate surface area is 116 Å². The van der Waals surface area contributed by atoms with Crippen LogP contribution in [0.4, 0.5) is 0 Å². The first-order valence-electron chi connectivity index (χ1n) is 5.75. The molecule has 0 bridgehead atoms. The minimum absolute atomic E-state index is 0.0397. The zero-order valence-electron chi connectivity index (χ0n) is 10.4. The second-order valence-corrected chi connectivity index (χ2v) is 5.69. The van der Waals surface area contributed by atoms with E-state index in [-0.39, 0.29) is 11.3 Å². The Kier molecular flexibility index (Phi) is 3.87. The van der Waals surface area contributed by atoms with Gasteiger partial charge >= 0.3 is 5.97 Å². The minimum atomic E-state index is -4.19. The van der Waals surface area contributed by atoms with Crippen LogP contribution in [-0.2, 0) is 21.3 Å². The summed E-state index contributed by atoms with van der Waals surface area (Å²) in [5, 5.41) is 8.68. The van der Waals surface area contributed by atoms with Gasteiger partial charge in [-0.05, 0) is 28.8 Å². The van der Waals surface area contributed by atoms with Crippen LogP contribution >= 0.6 is 0 Å². The Balaban J connectivity index is 2.26. The highest BCUT2D eigenvalue weighted by atomic mass is 32.2. The standard InChI is InChI=1S/C14H12O5S/c15-14(16)9-10-1-3-11(4-2-10)12-5-7-13(8-6-12)20(17,18)19/h1-8H,9H2,(H,15,16)(H,17,18,19). The van der Waals surface area contributed by atoms with Crippen molar-refractivity contribution in [2.75, 3.05) is 0 Å². The molecule has 2 aromatic carbocycles. The molecule has 6 heteroatoms. The smallest absolute Gasteiger partial charge is 0.307 e. The fourth-order valence-corrected chi connectivity index (χ4v) is 2.29. The molecule has 0 aliphatic rings. The van der Waals surface area contributed by atoms with E-state index in [1.54, 1.807) is 36.4 Å². The predicted octanol–water partition coefficient (Wildman–Crippen LogP) is 2.23. The maximum atomic E-state index is 10.9. The average molecular weight is 292 g/mol. The van der Waals surface area contributed by atoms with Crippen molar-refractivity contribution >= 4 is 16.1 Å². The van der Waals surface area contributed by atoms with E-state index in [1.807, 2.05) is 0 Å². The summed E-state index contributed by atoms with van der Waals surface area (Å²) < 4.78 is 30.7. The van der Waals surface area contributed by atoms with Gasteiger partial charge in [0.05, 0.1) is 11.3 Å². The van der Waals surface area contributed by atoms with Gasteiger partial charge in [-0.3, -0.25) is 9.35 Å². The van der Waals surface area contributed by atoms with Crippen molar-refractivity contribution in [1.82, 2.24) is 0 Å². The van der Waals surface area contributed by atoms with Crippen LogP contribution < -0.4 is 0 Å². The highest BCUT2D eigenvalue weighted by molar-refractivity contribution is 7.85. The number of benzene rings is 2. The van der Waals surface area contributed by atoms with Gasteiger partial charge in [0, 0.05) is 0 Å². The van der Waals surface area contributed by atoms with E-state index in [0.29, 0.717) is 5.56 Å². The van der Waals surface area contributed by atoms with Crippen molar-refractivity contribution < 1.29 is 22.9 Å². The molecule has 0 amide bonds. The van der Waals surface area contributed by atoms with E-state index >= 15 is 0 Å². The average Bonchev–Trinajstić information content (AvgIpc) is 2.38. The summed E-state index contributed by atoms with van der Waals surface area (Å²) in [6.45, 7) is 0. The van der Waals surface area contributed by atoms with E-state index in [4.69, 9.17) is 9.66 Å². The highest BCUT2D eigenvalue weighted by Crippen LogP contribution is 2.21. The van der Waals surface area contributed by atoms with Crippen molar-refractivity contribution in [2.45, 2.75) is 11.3 Å². The Hall–Kier alpha value is -2.18. The second kappa shape index (κ2) is 5.44. The normalized spacial score (nSPS) is 11.2. The molecule has 2 rings (SSSR count). The van der Waals surface area contributed by atoms with Crippen LogP contribution in [0.1, 0.15) is 5.56 Å². The summed E-state index contributed by atoms with van der Waals surface area (Å²) in [6.07, 6.45) is -0.0397. The first-order valence-corrected chi connectivity index (χ1v) is 7.19. The fourth-order valence-electron chi connectivity index (χ4n) is 1.81. The molecule has 2 N–H and O–H groups in total. The highest BCUT2D eigenvalue weighted by Gasteiger charge is 2.09. The quantitative estimate of drug-likeness (QED) is 0.843. The summed E-state index contributed by atoms with van der Waals surface area (Å²) in [5.41, 5.74) is 2.30. The molecule has 104 valence electrons.